The predicted molar refractivity (Wildman–Crippen MR) is 56.8 cm³/mol. The number of amides is 1. The Bertz CT molecular complexity index is 583. The Morgan fingerprint density at radius 3 is 3.00 bits per heavy atom. The van der Waals surface area contributed by atoms with E-state index in [0.717, 1.165) is 10.9 Å². The normalized spacial score (nSPS) is 9.93. The van der Waals surface area contributed by atoms with E-state index in [4.69, 9.17) is 17.1 Å². The van der Waals surface area contributed by atoms with E-state index in [-0.39, 0.29) is 5.69 Å². The summed E-state index contributed by atoms with van der Waals surface area (Å²) < 4.78 is 0. The highest BCUT2D eigenvalue weighted by Gasteiger charge is 2.07. The van der Waals surface area contributed by atoms with E-state index in [2.05, 4.69) is 15.0 Å². The van der Waals surface area contributed by atoms with Gasteiger partial charge in [-0.25, -0.2) is 0 Å². The average Bonchev–Trinajstić information content (AvgIpc) is 2.60. The number of fused-ring (bicyclic) bond motifs is 1. The van der Waals surface area contributed by atoms with Crippen molar-refractivity contribution in [2.24, 2.45) is 5.11 Å². The first kappa shape index (κ1) is 9.58. The highest BCUT2D eigenvalue weighted by atomic mass is 35.5. The molecule has 0 fully saturated rings. The van der Waals surface area contributed by atoms with Crippen molar-refractivity contribution in [3.63, 3.8) is 0 Å². The molecule has 0 saturated heterocycles. The van der Waals surface area contributed by atoms with E-state index < -0.39 is 5.91 Å². The fourth-order valence-electron chi connectivity index (χ4n) is 1.31. The van der Waals surface area contributed by atoms with Crippen LogP contribution < -0.4 is 0 Å². The molecule has 1 N–H and O–H groups in total. The van der Waals surface area contributed by atoms with E-state index in [1.165, 1.54) is 0 Å². The lowest BCUT2D eigenvalue weighted by molar-refractivity contribution is 0.0996. The number of halogens is 1. The Balaban J connectivity index is 2.56. The van der Waals surface area contributed by atoms with Crippen molar-refractivity contribution in [3.05, 3.63) is 45.4 Å². The molecular weight excluding hydrogens is 216 g/mol. The number of carbonyl (C=O) groups is 1. The van der Waals surface area contributed by atoms with Gasteiger partial charge in [-0.2, -0.15) is 0 Å². The molecule has 1 aromatic carbocycles. The molecule has 5 nitrogen and oxygen atoms in total. The number of hydrogen-bond donors (Lipinski definition) is 1. The summed E-state index contributed by atoms with van der Waals surface area (Å²) in [5.74, 6) is -0.634. The lowest BCUT2D eigenvalue weighted by atomic mass is 10.2. The van der Waals surface area contributed by atoms with Gasteiger partial charge in [-0.15, -0.1) is 0 Å². The molecule has 0 unspecified atom stereocenters. The second-order valence-electron chi connectivity index (χ2n) is 2.91. The monoisotopic (exact) mass is 220 g/mol. The van der Waals surface area contributed by atoms with Crippen molar-refractivity contribution < 1.29 is 4.79 Å². The number of nitrogens with zero attached hydrogens (tertiary/aromatic N) is 3. The number of nitrogens with one attached hydrogen (secondary N) is 1. The van der Waals surface area contributed by atoms with Crippen LogP contribution in [0.25, 0.3) is 21.3 Å². The Hall–Kier alpha value is -1.97. The third-order valence-corrected chi connectivity index (χ3v) is 2.18. The van der Waals surface area contributed by atoms with E-state index in [0.29, 0.717) is 5.02 Å². The molecule has 1 amide bonds. The molecule has 1 aromatic heterocycles. The van der Waals surface area contributed by atoms with Crippen LogP contribution >= 0.6 is 11.6 Å². The molecule has 0 aliphatic heterocycles. The fourth-order valence-corrected chi connectivity index (χ4v) is 1.49. The number of H-pyrrole nitrogens is 1. The Morgan fingerprint density at radius 1 is 1.47 bits per heavy atom. The number of aromatic nitrogens is 1. The van der Waals surface area contributed by atoms with Crippen molar-refractivity contribution in [1.82, 2.24) is 4.98 Å². The van der Waals surface area contributed by atoms with Crippen LogP contribution in [0.3, 0.4) is 0 Å². The average molecular weight is 221 g/mol. The van der Waals surface area contributed by atoms with E-state index in [1.807, 2.05) is 0 Å². The molecule has 0 aliphatic rings. The largest absolute Gasteiger partial charge is 0.352 e. The summed E-state index contributed by atoms with van der Waals surface area (Å²) in [6.07, 6.45) is 0. The summed E-state index contributed by atoms with van der Waals surface area (Å²) >= 11 is 5.79. The first-order valence-corrected chi connectivity index (χ1v) is 4.46. The van der Waals surface area contributed by atoms with Crippen molar-refractivity contribution in [2.45, 2.75) is 0 Å². The van der Waals surface area contributed by atoms with Gasteiger partial charge in [0.25, 0.3) is 5.91 Å². The maximum Gasteiger partial charge on any atom is 0.265 e. The minimum Gasteiger partial charge on any atom is -0.352 e. The van der Waals surface area contributed by atoms with Crippen LogP contribution in [0, 0.1) is 0 Å². The van der Waals surface area contributed by atoms with E-state index in [9.17, 15) is 4.79 Å². The van der Waals surface area contributed by atoms with Crippen LogP contribution in [0.15, 0.2) is 29.4 Å². The third kappa shape index (κ3) is 1.79. The van der Waals surface area contributed by atoms with Crippen LogP contribution in [0.2, 0.25) is 5.02 Å². The summed E-state index contributed by atoms with van der Waals surface area (Å²) in [5, 5.41) is 4.38. The molecule has 15 heavy (non-hydrogen) atoms. The van der Waals surface area contributed by atoms with Crippen LogP contribution in [-0.4, -0.2) is 10.9 Å². The van der Waals surface area contributed by atoms with Crippen molar-refractivity contribution >= 4 is 28.4 Å². The highest BCUT2D eigenvalue weighted by molar-refractivity contribution is 6.31. The SMILES string of the molecule is [N-]=[N+]=NC(=O)c1cc2cc(Cl)ccc2[nH]1. The molecule has 0 bridgehead atoms. The van der Waals surface area contributed by atoms with Gasteiger partial charge < -0.3 is 4.98 Å². The molecule has 2 aromatic rings. The molecular formula is C9H5ClN4O. The van der Waals surface area contributed by atoms with Crippen molar-refractivity contribution in [2.75, 3.05) is 0 Å². The van der Waals surface area contributed by atoms with E-state index in [1.54, 1.807) is 24.3 Å². The zero-order chi connectivity index (χ0) is 10.8. The second-order valence-corrected chi connectivity index (χ2v) is 3.35. The number of azide groups is 1. The van der Waals surface area contributed by atoms with Gasteiger partial charge >= 0.3 is 0 Å². The van der Waals surface area contributed by atoms with Crippen LogP contribution in [0.5, 0.6) is 0 Å². The number of carbonyl (C=O) groups excluding carboxylic acids is 1. The maximum absolute atomic E-state index is 11.2. The summed E-state index contributed by atoms with van der Waals surface area (Å²) in [5.41, 5.74) is 9.15. The Labute approximate surface area is 89.3 Å². The van der Waals surface area contributed by atoms with Crippen LogP contribution in [-0.2, 0) is 0 Å². The van der Waals surface area contributed by atoms with Crippen molar-refractivity contribution in [1.29, 1.82) is 0 Å². The first-order valence-electron chi connectivity index (χ1n) is 4.08. The first-order chi connectivity index (χ1) is 7.20. The van der Waals surface area contributed by atoms with Gasteiger partial charge in [0, 0.05) is 20.8 Å². The molecule has 0 saturated carbocycles. The molecule has 0 atom stereocenters. The summed E-state index contributed by atoms with van der Waals surface area (Å²) in [6, 6.07) is 6.78. The highest BCUT2D eigenvalue weighted by Crippen LogP contribution is 2.20. The number of aromatic amines is 1. The molecule has 2 rings (SSSR count). The summed E-state index contributed by atoms with van der Waals surface area (Å²) in [7, 11) is 0. The van der Waals surface area contributed by atoms with Gasteiger partial charge in [0.05, 0.1) is 5.69 Å². The standard InChI is InChI=1S/C9H5ClN4O/c10-6-1-2-7-5(3-6)4-8(12-7)9(15)13-14-11/h1-4,12H. The maximum atomic E-state index is 11.2. The zero-order valence-electron chi connectivity index (χ0n) is 7.44. The molecule has 0 spiro atoms. The van der Waals surface area contributed by atoms with Crippen LogP contribution in [0.4, 0.5) is 0 Å². The lowest BCUT2D eigenvalue weighted by Crippen LogP contribution is -1.91. The quantitative estimate of drug-likeness (QED) is 0.447. The molecule has 6 heteroatoms. The lowest BCUT2D eigenvalue weighted by Gasteiger charge is -1.88. The van der Waals surface area contributed by atoms with Gasteiger partial charge in [0.2, 0.25) is 0 Å². The number of rotatable bonds is 1. The Kier molecular flexibility index (Phi) is 2.33. The summed E-state index contributed by atoms with van der Waals surface area (Å²) in [6.45, 7) is 0. The van der Waals surface area contributed by atoms with Gasteiger partial charge in [0.15, 0.2) is 0 Å². The number of hydrogen-bond acceptors (Lipinski definition) is 1. The molecule has 0 aliphatic carbocycles. The second kappa shape index (κ2) is 3.65. The zero-order valence-corrected chi connectivity index (χ0v) is 8.19. The smallest absolute Gasteiger partial charge is 0.265 e. The minimum absolute atomic E-state index is 0.255. The molecule has 1 heterocycles. The van der Waals surface area contributed by atoms with E-state index >= 15 is 0 Å². The Morgan fingerprint density at radius 2 is 2.27 bits per heavy atom. The number of benzene rings is 1. The van der Waals surface area contributed by atoms with Gasteiger partial charge in [0.1, 0.15) is 0 Å². The molecule has 0 radical (unpaired) electrons. The fraction of sp³-hybridized carbons (Fsp3) is 0. The minimum atomic E-state index is -0.634. The molecule has 74 valence electrons. The van der Waals surface area contributed by atoms with Gasteiger partial charge in [-0.05, 0) is 34.9 Å². The topological polar surface area (TPSA) is 81.6 Å². The van der Waals surface area contributed by atoms with Gasteiger partial charge in [-0.1, -0.05) is 11.6 Å². The summed E-state index contributed by atoms with van der Waals surface area (Å²) in [4.78, 5) is 16.5. The van der Waals surface area contributed by atoms with Crippen molar-refractivity contribution in [3.8, 4) is 0 Å². The predicted octanol–water partition coefficient (Wildman–Crippen LogP) is 3.27. The van der Waals surface area contributed by atoms with Gasteiger partial charge in [-0.3, -0.25) is 4.79 Å². The third-order valence-electron chi connectivity index (χ3n) is 1.95. The van der Waals surface area contributed by atoms with Crippen LogP contribution in [0.1, 0.15) is 10.5 Å².